The van der Waals surface area contributed by atoms with Gasteiger partial charge in [0, 0.05) is 12.8 Å². The number of unbranched alkanes of at least 4 members (excludes halogenated alkanes) is 3. The topological polar surface area (TPSA) is 34.1 Å². The van der Waals surface area contributed by atoms with Crippen LogP contribution in [0.3, 0.4) is 0 Å². The van der Waals surface area contributed by atoms with E-state index < -0.39 is 0 Å². The van der Waals surface area contributed by atoms with Crippen molar-refractivity contribution in [3.05, 3.63) is 12.7 Å². The minimum Gasteiger partial charge on any atom is -0.303 e. The van der Waals surface area contributed by atoms with E-state index in [1.807, 2.05) is 0 Å². The second-order valence-electron chi connectivity index (χ2n) is 2.35. The molecule has 12 heavy (non-hydrogen) atoms. The summed E-state index contributed by atoms with van der Waals surface area (Å²) in [6.07, 6.45) is 8.04. The Morgan fingerprint density at radius 2 is 1.83 bits per heavy atom. The molecule has 0 aliphatic heterocycles. The molecule has 0 aliphatic carbocycles. The number of carbonyl (C=O) groups excluding carboxylic acids is 2. The van der Waals surface area contributed by atoms with Crippen molar-refractivity contribution in [3.63, 3.8) is 0 Å². The Morgan fingerprint density at radius 1 is 1.17 bits per heavy atom. The highest BCUT2D eigenvalue weighted by atomic mass is 16.1. The molecule has 0 aromatic carbocycles. The Kier molecular flexibility index (Phi) is 18.9. The molecule has 0 atom stereocenters. The van der Waals surface area contributed by atoms with Gasteiger partial charge in [0.2, 0.25) is 0 Å². The van der Waals surface area contributed by atoms with E-state index in [0.29, 0.717) is 6.42 Å². The van der Waals surface area contributed by atoms with Gasteiger partial charge in [0.05, 0.1) is 0 Å². The Labute approximate surface area is 74.7 Å². The van der Waals surface area contributed by atoms with Gasteiger partial charge in [-0.15, -0.1) is 6.58 Å². The minimum atomic E-state index is 0.472. The van der Waals surface area contributed by atoms with Crippen molar-refractivity contribution in [2.45, 2.75) is 39.0 Å². The lowest BCUT2D eigenvalue weighted by Crippen LogP contribution is -1.73. The molecule has 0 aromatic rings. The van der Waals surface area contributed by atoms with Gasteiger partial charge in [0.15, 0.2) is 0 Å². The first kappa shape index (κ1) is 13.7. The highest BCUT2D eigenvalue weighted by Crippen LogP contribution is 1.94. The summed E-state index contributed by atoms with van der Waals surface area (Å²) in [4.78, 5) is 19.0. The third-order valence-electron chi connectivity index (χ3n) is 1.19. The maximum atomic E-state index is 9.68. The van der Waals surface area contributed by atoms with Gasteiger partial charge in [-0.05, 0) is 6.42 Å². The molecule has 0 bridgehead atoms. The summed E-state index contributed by atoms with van der Waals surface area (Å²) >= 11 is 0. The lowest BCUT2D eigenvalue weighted by molar-refractivity contribution is -0.108. The normalized spacial score (nSPS) is 7.75. The fraction of sp³-hybridized carbons (Fsp3) is 0.600. The molecule has 0 unspecified atom stereocenters. The van der Waals surface area contributed by atoms with Crippen molar-refractivity contribution in [2.24, 2.45) is 0 Å². The Morgan fingerprint density at radius 3 is 2.08 bits per heavy atom. The molecule has 0 saturated carbocycles. The van der Waals surface area contributed by atoms with E-state index in [4.69, 9.17) is 0 Å². The van der Waals surface area contributed by atoms with E-state index in [0.717, 1.165) is 25.4 Å². The largest absolute Gasteiger partial charge is 0.303 e. The molecule has 0 aliphatic rings. The Balaban J connectivity index is 0. The summed E-state index contributed by atoms with van der Waals surface area (Å²) in [5, 5.41) is 0. The van der Waals surface area contributed by atoms with E-state index >= 15 is 0 Å². The molecule has 2 nitrogen and oxygen atoms in total. The van der Waals surface area contributed by atoms with E-state index in [1.165, 1.54) is 12.8 Å². The lowest BCUT2D eigenvalue weighted by atomic mass is 10.2. The summed E-state index contributed by atoms with van der Waals surface area (Å²) < 4.78 is 0. The van der Waals surface area contributed by atoms with Crippen molar-refractivity contribution < 1.29 is 9.59 Å². The van der Waals surface area contributed by atoms with Gasteiger partial charge in [0.25, 0.3) is 0 Å². The average Bonchev–Trinajstić information content (AvgIpc) is 2.08. The van der Waals surface area contributed by atoms with Crippen LogP contribution in [0.15, 0.2) is 12.7 Å². The van der Waals surface area contributed by atoms with E-state index in [9.17, 15) is 9.59 Å². The molecule has 0 fully saturated rings. The van der Waals surface area contributed by atoms with Crippen LogP contribution in [0.2, 0.25) is 0 Å². The number of carbonyl (C=O) groups is 2. The minimum absolute atomic E-state index is 0.472. The monoisotopic (exact) mass is 170 g/mol. The molecule has 0 aromatic heterocycles. The molecule has 2 heteroatoms. The molecule has 0 amide bonds. The molecule has 0 radical (unpaired) electrons. The van der Waals surface area contributed by atoms with Crippen molar-refractivity contribution in [2.75, 3.05) is 0 Å². The van der Waals surface area contributed by atoms with Gasteiger partial charge in [-0.1, -0.05) is 25.8 Å². The van der Waals surface area contributed by atoms with Gasteiger partial charge in [-0.2, -0.15) is 0 Å². The van der Waals surface area contributed by atoms with Gasteiger partial charge in [-0.3, -0.25) is 0 Å². The predicted octanol–water partition coefficient (Wildman–Crippen LogP) is 2.53. The predicted molar refractivity (Wildman–Crippen MR) is 51.1 cm³/mol. The quantitative estimate of drug-likeness (QED) is 0.349. The van der Waals surface area contributed by atoms with Gasteiger partial charge >= 0.3 is 0 Å². The van der Waals surface area contributed by atoms with Crippen molar-refractivity contribution in [3.8, 4) is 0 Å². The molecular formula is C10H18O2. The summed E-state index contributed by atoms with van der Waals surface area (Å²) in [5.41, 5.74) is 0. The second kappa shape index (κ2) is 16.6. The third-order valence-corrected chi connectivity index (χ3v) is 1.19. The fourth-order valence-corrected chi connectivity index (χ4v) is 0.546. The molecule has 0 spiro atoms. The van der Waals surface area contributed by atoms with Crippen LogP contribution in [0.1, 0.15) is 39.0 Å². The lowest BCUT2D eigenvalue weighted by Gasteiger charge is -1.85. The zero-order valence-electron chi connectivity index (χ0n) is 7.79. The van der Waals surface area contributed by atoms with Crippen LogP contribution < -0.4 is 0 Å². The highest BCUT2D eigenvalue weighted by molar-refractivity contribution is 5.51. The maximum Gasteiger partial charge on any atom is 0.123 e. The first-order chi connectivity index (χ1) is 5.83. The van der Waals surface area contributed by atoms with Crippen LogP contribution in [-0.4, -0.2) is 12.6 Å². The molecule has 0 N–H and O–H groups in total. The van der Waals surface area contributed by atoms with E-state index in [-0.39, 0.29) is 0 Å². The van der Waals surface area contributed by atoms with Crippen molar-refractivity contribution in [1.82, 2.24) is 0 Å². The zero-order valence-corrected chi connectivity index (χ0v) is 7.79. The number of hydrogen-bond acceptors (Lipinski definition) is 2. The van der Waals surface area contributed by atoms with E-state index in [1.54, 1.807) is 6.08 Å². The standard InChI is InChI=1S/C6H12O.C4H6O/c1-2-3-4-5-6-7;1-2-3-4-5/h6H,2-5H2,1H3;2,4H,1,3H2. The third kappa shape index (κ3) is 23.0. The smallest absolute Gasteiger partial charge is 0.123 e. The Bertz CT molecular complexity index is 102. The number of allylic oxidation sites excluding steroid dienone is 1. The zero-order chi connectivity index (χ0) is 9.66. The highest BCUT2D eigenvalue weighted by Gasteiger charge is 1.80. The van der Waals surface area contributed by atoms with E-state index in [2.05, 4.69) is 13.5 Å². The average molecular weight is 170 g/mol. The first-order valence-electron chi connectivity index (χ1n) is 4.31. The van der Waals surface area contributed by atoms with Crippen LogP contribution in [0.5, 0.6) is 0 Å². The van der Waals surface area contributed by atoms with Crippen molar-refractivity contribution >= 4 is 12.6 Å². The maximum absolute atomic E-state index is 9.68. The van der Waals surface area contributed by atoms with Crippen LogP contribution >= 0.6 is 0 Å². The van der Waals surface area contributed by atoms with Gasteiger partial charge in [-0.25, -0.2) is 0 Å². The van der Waals surface area contributed by atoms with Gasteiger partial charge < -0.3 is 9.59 Å². The number of aldehydes is 2. The van der Waals surface area contributed by atoms with Crippen LogP contribution in [0.4, 0.5) is 0 Å². The fourth-order valence-electron chi connectivity index (χ4n) is 0.546. The number of hydrogen-bond donors (Lipinski definition) is 0. The SMILES string of the molecule is C=CCC=O.CCCCCC=O. The van der Waals surface area contributed by atoms with Crippen LogP contribution in [0, 0.1) is 0 Å². The van der Waals surface area contributed by atoms with Gasteiger partial charge in [0.1, 0.15) is 12.6 Å². The molecular weight excluding hydrogens is 152 g/mol. The molecule has 0 rings (SSSR count). The summed E-state index contributed by atoms with van der Waals surface area (Å²) in [6, 6.07) is 0. The number of rotatable bonds is 6. The Hall–Kier alpha value is -0.920. The molecule has 0 saturated heterocycles. The van der Waals surface area contributed by atoms with Crippen LogP contribution in [-0.2, 0) is 9.59 Å². The summed E-state index contributed by atoms with van der Waals surface area (Å²) in [6.45, 7) is 5.45. The van der Waals surface area contributed by atoms with Crippen molar-refractivity contribution in [1.29, 1.82) is 0 Å². The summed E-state index contributed by atoms with van der Waals surface area (Å²) in [5.74, 6) is 0. The summed E-state index contributed by atoms with van der Waals surface area (Å²) in [7, 11) is 0. The molecule has 0 heterocycles. The second-order valence-corrected chi connectivity index (χ2v) is 2.35. The van der Waals surface area contributed by atoms with Crippen LogP contribution in [0.25, 0.3) is 0 Å². The first-order valence-corrected chi connectivity index (χ1v) is 4.31. The molecule has 70 valence electrons.